The number of hydrogen-bond donors (Lipinski definition) is 2. The Bertz CT molecular complexity index is 649. The molecule has 2 saturated heterocycles. The van der Waals surface area contributed by atoms with Crippen molar-refractivity contribution in [2.45, 2.75) is 38.6 Å². The number of likely N-dealkylation sites (tertiary alicyclic amines) is 1. The highest BCUT2D eigenvalue weighted by atomic mass is 16.2. The van der Waals surface area contributed by atoms with Crippen LogP contribution in [0.15, 0.2) is 6.33 Å². The van der Waals surface area contributed by atoms with Gasteiger partial charge in [0.2, 0.25) is 11.8 Å². The van der Waals surface area contributed by atoms with Crippen molar-refractivity contribution >= 4 is 23.5 Å². The minimum Gasteiger partial charge on any atom is -0.383 e. The molecule has 0 radical (unpaired) electrons. The van der Waals surface area contributed by atoms with Crippen LogP contribution in [0.5, 0.6) is 0 Å². The second-order valence-electron chi connectivity index (χ2n) is 6.56. The third kappa shape index (κ3) is 3.00. The van der Waals surface area contributed by atoms with Gasteiger partial charge in [-0.15, -0.1) is 0 Å². The monoisotopic (exact) mass is 332 g/mol. The molecule has 0 bridgehead atoms. The molecule has 130 valence electrons. The van der Waals surface area contributed by atoms with Crippen molar-refractivity contribution in [2.24, 2.45) is 11.7 Å². The molecule has 2 fully saturated rings. The number of rotatable bonds is 3. The van der Waals surface area contributed by atoms with Gasteiger partial charge in [-0.25, -0.2) is 9.97 Å². The summed E-state index contributed by atoms with van der Waals surface area (Å²) < 4.78 is 0. The second-order valence-corrected chi connectivity index (χ2v) is 6.56. The third-order valence-electron chi connectivity index (χ3n) is 5.10. The molecular weight excluding hydrogens is 308 g/mol. The summed E-state index contributed by atoms with van der Waals surface area (Å²) in [6.07, 6.45) is 4.47. The fraction of sp³-hybridized carbons (Fsp3) is 0.625. The Labute approximate surface area is 141 Å². The first-order valence-electron chi connectivity index (χ1n) is 8.40. The van der Waals surface area contributed by atoms with Crippen molar-refractivity contribution in [3.05, 3.63) is 11.9 Å². The standard InChI is InChI=1S/C16H24N6O2/c1-10-14(17)19-9-20-16(10)21-7-5-11(15(18)24)12(8-21)22-6-3-2-4-13(22)23/h9,11-12H,2-8H2,1H3,(H2,18,24)(H2,17,19,20)/t11-,12-/m1/s1. The van der Waals surface area contributed by atoms with Crippen LogP contribution < -0.4 is 16.4 Å². The number of nitrogens with zero attached hydrogens (tertiary/aromatic N) is 4. The predicted octanol–water partition coefficient (Wildman–Crippen LogP) is 0.0599. The molecule has 4 N–H and O–H groups in total. The molecule has 1 aromatic rings. The minimum atomic E-state index is -0.336. The van der Waals surface area contributed by atoms with Gasteiger partial charge in [-0.3, -0.25) is 9.59 Å². The molecule has 2 aliphatic heterocycles. The van der Waals surface area contributed by atoms with E-state index in [4.69, 9.17) is 11.5 Å². The summed E-state index contributed by atoms with van der Waals surface area (Å²) in [7, 11) is 0. The predicted molar refractivity (Wildman–Crippen MR) is 90.0 cm³/mol. The first kappa shape index (κ1) is 16.5. The van der Waals surface area contributed by atoms with Gasteiger partial charge in [0.25, 0.3) is 0 Å². The van der Waals surface area contributed by atoms with Crippen LogP contribution >= 0.6 is 0 Å². The largest absolute Gasteiger partial charge is 0.383 e. The van der Waals surface area contributed by atoms with Crippen molar-refractivity contribution < 1.29 is 9.59 Å². The normalized spacial score (nSPS) is 25.0. The number of piperidine rings is 2. The zero-order chi connectivity index (χ0) is 17.3. The lowest BCUT2D eigenvalue weighted by Gasteiger charge is -2.45. The van der Waals surface area contributed by atoms with Gasteiger partial charge in [-0.1, -0.05) is 0 Å². The number of hydrogen-bond acceptors (Lipinski definition) is 6. The van der Waals surface area contributed by atoms with Crippen LogP contribution in [0.4, 0.5) is 11.6 Å². The van der Waals surface area contributed by atoms with Crippen LogP contribution in [0.25, 0.3) is 0 Å². The number of carbonyl (C=O) groups excluding carboxylic acids is 2. The molecule has 0 unspecified atom stereocenters. The molecule has 0 aliphatic carbocycles. The van der Waals surface area contributed by atoms with Gasteiger partial charge in [0, 0.05) is 31.6 Å². The van der Waals surface area contributed by atoms with Gasteiger partial charge < -0.3 is 21.3 Å². The highest BCUT2D eigenvalue weighted by Gasteiger charge is 2.40. The van der Waals surface area contributed by atoms with E-state index < -0.39 is 0 Å². The third-order valence-corrected chi connectivity index (χ3v) is 5.10. The Morgan fingerprint density at radius 2 is 2.08 bits per heavy atom. The lowest BCUT2D eigenvalue weighted by Crippen LogP contribution is -2.58. The molecule has 3 rings (SSSR count). The van der Waals surface area contributed by atoms with Gasteiger partial charge in [0.15, 0.2) is 0 Å². The summed E-state index contributed by atoms with van der Waals surface area (Å²) in [6.45, 7) is 3.76. The Kier molecular flexibility index (Phi) is 4.55. The average Bonchev–Trinajstić information content (AvgIpc) is 2.57. The van der Waals surface area contributed by atoms with Crippen LogP contribution in [0, 0.1) is 12.8 Å². The summed E-state index contributed by atoms with van der Waals surface area (Å²) in [5.74, 6) is 0.667. The number of amides is 2. The molecule has 8 heteroatoms. The summed E-state index contributed by atoms with van der Waals surface area (Å²) in [5.41, 5.74) is 12.3. The number of anilines is 2. The van der Waals surface area contributed by atoms with Crippen LogP contribution in [-0.4, -0.2) is 52.4 Å². The number of nitrogens with two attached hydrogens (primary N) is 2. The summed E-state index contributed by atoms with van der Waals surface area (Å²) in [5, 5.41) is 0. The van der Waals surface area contributed by atoms with Crippen LogP contribution in [0.2, 0.25) is 0 Å². The van der Waals surface area contributed by atoms with E-state index in [9.17, 15) is 9.59 Å². The highest BCUT2D eigenvalue weighted by molar-refractivity contribution is 5.81. The maximum Gasteiger partial charge on any atom is 0.222 e. The molecule has 0 spiro atoms. The van der Waals surface area contributed by atoms with E-state index in [1.165, 1.54) is 6.33 Å². The molecular formula is C16H24N6O2. The smallest absolute Gasteiger partial charge is 0.222 e. The zero-order valence-electron chi connectivity index (χ0n) is 13.9. The SMILES string of the molecule is Cc1c(N)ncnc1N1CC[C@@H](C(N)=O)[C@H](N2CCCCC2=O)C1. The Balaban J connectivity index is 1.87. The highest BCUT2D eigenvalue weighted by Crippen LogP contribution is 2.30. The minimum absolute atomic E-state index is 0.110. The van der Waals surface area contributed by atoms with Crippen LogP contribution in [0.1, 0.15) is 31.2 Å². The molecule has 2 aliphatic rings. The molecule has 24 heavy (non-hydrogen) atoms. The van der Waals surface area contributed by atoms with E-state index in [2.05, 4.69) is 14.9 Å². The van der Waals surface area contributed by atoms with Crippen molar-refractivity contribution in [2.75, 3.05) is 30.3 Å². The topological polar surface area (TPSA) is 118 Å². The van der Waals surface area contributed by atoms with Gasteiger partial charge in [0.05, 0.1) is 12.0 Å². The molecule has 0 aromatic carbocycles. The summed E-state index contributed by atoms with van der Waals surface area (Å²) in [6, 6.07) is -0.209. The van der Waals surface area contributed by atoms with E-state index >= 15 is 0 Å². The Morgan fingerprint density at radius 3 is 2.79 bits per heavy atom. The van der Waals surface area contributed by atoms with E-state index in [0.717, 1.165) is 24.2 Å². The fourth-order valence-corrected chi connectivity index (χ4v) is 3.72. The average molecular weight is 332 g/mol. The molecule has 8 nitrogen and oxygen atoms in total. The summed E-state index contributed by atoms with van der Waals surface area (Å²) >= 11 is 0. The van der Waals surface area contributed by atoms with Gasteiger partial charge >= 0.3 is 0 Å². The molecule has 3 heterocycles. The van der Waals surface area contributed by atoms with Crippen molar-refractivity contribution in [3.8, 4) is 0 Å². The maximum atomic E-state index is 12.3. The Morgan fingerprint density at radius 1 is 1.29 bits per heavy atom. The van der Waals surface area contributed by atoms with Crippen molar-refractivity contribution in [3.63, 3.8) is 0 Å². The number of primary amides is 1. The Hall–Kier alpha value is -2.38. The lowest BCUT2D eigenvalue weighted by atomic mass is 9.88. The molecule has 1 aromatic heterocycles. The zero-order valence-corrected chi connectivity index (χ0v) is 13.9. The van der Waals surface area contributed by atoms with E-state index in [0.29, 0.717) is 38.3 Å². The first-order valence-corrected chi connectivity index (χ1v) is 8.40. The molecule has 2 atom stereocenters. The van der Waals surface area contributed by atoms with E-state index in [-0.39, 0.29) is 23.8 Å². The van der Waals surface area contributed by atoms with Gasteiger partial charge in [0.1, 0.15) is 18.0 Å². The first-order chi connectivity index (χ1) is 11.5. The van der Waals surface area contributed by atoms with Crippen molar-refractivity contribution in [1.82, 2.24) is 14.9 Å². The van der Waals surface area contributed by atoms with Gasteiger partial charge in [-0.05, 0) is 26.2 Å². The number of nitrogen functional groups attached to an aromatic ring is 1. The summed E-state index contributed by atoms with van der Waals surface area (Å²) in [4.78, 5) is 36.5. The van der Waals surface area contributed by atoms with E-state index in [1.54, 1.807) is 0 Å². The number of aromatic nitrogens is 2. The fourth-order valence-electron chi connectivity index (χ4n) is 3.72. The molecule has 2 amide bonds. The van der Waals surface area contributed by atoms with Crippen molar-refractivity contribution in [1.29, 1.82) is 0 Å². The maximum absolute atomic E-state index is 12.3. The molecule has 0 saturated carbocycles. The number of carbonyl (C=O) groups is 2. The lowest BCUT2D eigenvalue weighted by molar-refractivity contribution is -0.139. The van der Waals surface area contributed by atoms with Crippen LogP contribution in [-0.2, 0) is 9.59 Å². The second kappa shape index (κ2) is 6.62. The quantitative estimate of drug-likeness (QED) is 0.808. The van der Waals surface area contributed by atoms with Gasteiger partial charge in [-0.2, -0.15) is 0 Å². The van der Waals surface area contributed by atoms with Crippen LogP contribution in [0.3, 0.4) is 0 Å². The van der Waals surface area contributed by atoms with E-state index in [1.807, 2.05) is 11.8 Å².